The molecule has 2 heterocycles. The van der Waals surface area contributed by atoms with Crippen LogP contribution in [0, 0.1) is 0 Å². The first-order valence-electron chi connectivity index (χ1n) is 18.3. The van der Waals surface area contributed by atoms with E-state index in [9.17, 15) is 0 Å². The van der Waals surface area contributed by atoms with Gasteiger partial charge in [-0.2, -0.15) is 0 Å². The number of hydrogen-bond acceptors (Lipinski definition) is 4. The molecule has 0 spiro atoms. The van der Waals surface area contributed by atoms with Gasteiger partial charge in [-0.05, 0) is 95.7 Å². The molecule has 0 unspecified atom stereocenters. The molecule has 0 aliphatic carbocycles. The molecule has 0 aliphatic heterocycles. The zero-order chi connectivity index (χ0) is 35.6. The van der Waals surface area contributed by atoms with Crippen LogP contribution < -0.4 is 9.80 Å². The van der Waals surface area contributed by atoms with E-state index in [1.54, 1.807) is 0 Å². The predicted octanol–water partition coefficient (Wildman–Crippen LogP) is 14.7. The van der Waals surface area contributed by atoms with Crippen molar-refractivity contribution in [3.05, 3.63) is 194 Å². The van der Waals surface area contributed by atoms with Crippen molar-refractivity contribution >= 4 is 99.5 Å². The maximum absolute atomic E-state index is 7.06. The van der Waals surface area contributed by atoms with E-state index in [1.165, 1.54) is 0 Å². The molecular formula is C50H32N2O2. The highest BCUT2D eigenvalue weighted by molar-refractivity contribution is 6.22. The molecule has 0 saturated carbocycles. The molecule has 0 saturated heterocycles. The van der Waals surface area contributed by atoms with Gasteiger partial charge < -0.3 is 18.6 Å². The summed E-state index contributed by atoms with van der Waals surface area (Å²) in [5.41, 5.74) is 9.79. The van der Waals surface area contributed by atoms with E-state index in [1.807, 2.05) is 12.1 Å². The maximum atomic E-state index is 7.06. The minimum Gasteiger partial charge on any atom is -0.456 e. The topological polar surface area (TPSA) is 32.8 Å². The quantitative estimate of drug-likeness (QED) is 0.174. The summed E-state index contributed by atoms with van der Waals surface area (Å²) in [7, 11) is 0. The lowest BCUT2D eigenvalue weighted by Gasteiger charge is -2.27. The van der Waals surface area contributed by atoms with Gasteiger partial charge in [0.05, 0.1) is 11.4 Å². The van der Waals surface area contributed by atoms with Crippen LogP contribution in [0.1, 0.15) is 0 Å². The average Bonchev–Trinajstić information content (AvgIpc) is 3.79. The molecule has 0 radical (unpaired) electrons. The van der Waals surface area contributed by atoms with E-state index < -0.39 is 0 Å². The number of benzene rings is 9. The lowest BCUT2D eigenvalue weighted by atomic mass is 9.99. The summed E-state index contributed by atoms with van der Waals surface area (Å²) in [6.45, 7) is 0. The van der Waals surface area contributed by atoms with Crippen LogP contribution in [0.3, 0.4) is 0 Å². The molecule has 0 N–H and O–H groups in total. The number of hydrogen-bond donors (Lipinski definition) is 0. The summed E-state index contributed by atoms with van der Waals surface area (Å²) in [5, 5.41) is 8.81. The molecule has 0 amide bonds. The number of fused-ring (bicyclic) bond motifs is 8. The normalized spacial score (nSPS) is 11.7. The molecule has 4 nitrogen and oxygen atoms in total. The molecule has 0 bridgehead atoms. The molecule has 11 rings (SSSR count). The molecule has 0 atom stereocenters. The van der Waals surface area contributed by atoms with Crippen LogP contribution >= 0.6 is 0 Å². The Morgan fingerprint density at radius 3 is 1.61 bits per heavy atom. The van der Waals surface area contributed by atoms with Gasteiger partial charge in [0.2, 0.25) is 0 Å². The van der Waals surface area contributed by atoms with Crippen LogP contribution in [0.5, 0.6) is 0 Å². The standard InChI is InChI=1S/C50H32N2O2/c1-4-17-35(18-5-1)51(36-19-6-2-7-20-36)45-25-14-16-34-30-48-43(32-41(34)45)44-29-33-15-10-11-23-39(33)49(50(44)54-48)52(37-21-8-3-9-22-37)38-27-28-47-42(31-38)40-24-12-13-26-46(40)53-47/h1-32H. The van der Waals surface area contributed by atoms with Crippen LogP contribution in [-0.4, -0.2) is 0 Å². The Labute approximate surface area is 311 Å². The highest BCUT2D eigenvalue weighted by atomic mass is 16.3. The Morgan fingerprint density at radius 2 is 0.870 bits per heavy atom. The monoisotopic (exact) mass is 692 g/mol. The molecule has 9 aromatic carbocycles. The van der Waals surface area contributed by atoms with Crippen LogP contribution in [0.4, 0.5) is 34.1 Å². The Kier molecular flexibility index (Phi) is 6.82. The Balaban J connectivity index is 1.20. The first-order valence-corrected chi connectivity index (χ1v) is 18.3. The molecule has 254 valence electrons. The fraction of sp³-hybridized carbons (Fsp3) is 0. The van der Waals surface area contributed by atoms with Crippen LogP contribution in [0.2, 0.25) is 0 Å². The summed E-state index contributed by atoms with van der Waals surface area (Å²) in [6.07, 6.45) is 0. The third kappa shape index (κ3) is 4.78. The second-order valence-corrected chi connectivity index (χ2v) is 13.7. The maximum Gasteiger partial charge on any atom is 0.160 e. The molecule has 11 aromatic rings. The van der Waals surface area contributed by atoms with Gasteiger partial charge in [-0.15, -0.1) is 0 Å². The Morgan fingerprint density at radius 1 is 0.296 bits per heavy atom. The number of rotatable bonds is 6. The smallest absolute Gasteiger partial charge is 0.160 e. The van der Waals surface area contributed by atoms with Crippen LogP contribution in [0.15, 0.2) is 203 Å². The second-order valence-electron chi connectivity index (χ2n) is 13.7. The number of anilines is 6. The van der Waals surface area contributed by atoms with Crippen molar-refractivity contribution in [2.45, 2.75) is 0 Å². The zero-order valence-electron chi connectivity index (χ0n) is 29.2. The summed E-state index contributed by atoms with van der Waals surface area (Å²) < 4.78 is 13.3. The first-order chi connectivity index (χ1) is 26.8. The van der Waals surface area contributed by atoms with Gasteiger partial charge in [0.25, 0.3) is 0 Å². The van der Waals surface area contributed by atoms with E-state index in [4.69, 9.17) is 8.83 Å². The summed E-state index contributed by atoms with van der Waals surface area (Å²) >= 11 is 0. The van der Waals surface area contributed by atoms with Gasteiger partial charge in [0.1, 0.15) is 16.7 Å². The van der Waals surface area contributed by atoms with Gasteiger partial charge in [0, 0.05) is 55.1 Å². The minimum atomic E-state index is 0.838. The Bertz CT molecular complexity index is 3130. The van der Waals surface area contributed by atoms with E-state index in [0.29, 0.717) is 0 Å². The third-order valence-electron chi connectivity index (χ3n) is 10.6. The van der Waals surface area contributed by atoms with E-state index in [2.05, 4.69) is 192 Å². The van der Waals surface area contributed by atoms with Gasteiger partial charge in [-0.1, -0.05) is 109 Å². The SMILES string of the molecule is c1ccc(N(c2ccccc2)c2cccc3cc4oc5c(N(c6ccccc6)c6ccc7oc8ccccc8c7c6)c6ccccc6cc5c4cc23)cc1. The fourth-order valence-electron chi connectivity index (χ4n) is 8.14. The summed E-state index contributed by atoms with van der Waals surface area (Å²) in [4.78, 5) is 4.68. The molecule has 54 heavy (non-hydrogen) atoms. The van der Waals surface area contributed by atoms with Gasteiger partial charge in [-0.3, -0.25) is 0 Å². The summed E-state index contributed by atoms with van der Waals surface area (Å²) in [6, 6.07) is 68.4. The van der Waals surface area contributed by atoms with Gasteiger partial charge >= 0.3 is 0 Å². The molecule has 2 aromatic heterocycles. The van der Waals surface area contributed by atoms with E-state index in [-0.39, 0.29) is 0 Å². The molecule has 0 fully saturated rings. The van der Waals surface area contributed by atoms with Crippen molar-refractivity contribution in [2.75, 3.05) is 9.80 Å². The van der Waals surface area contributed by atoms with Crippen molar-refractivity contribution in [2.24, 2.45) is 0 Å². The largest absolute Gasteiger partial charge is 0.456 e. The van der Waals surface area contributed by atoms with Gasteiger partial charge in [0.15, 0.2) is 5.58 Å². The van der Waals surface area contributed by atoms with E-state index >= 15 is 0 Å². The van der Waals surface area contributed by atoms with Crippen molar-refractivity contribution < 1.29 is 8.83 Å². The molecule has 4 heteroatoms. The third-order valence-corrected chi connectivity index (χ3v) is 10.6. The van der Waals surface area contributed by atoms with Crippen LogP contribution in [-0.2, 0) is 0 Å². The molecular weight excluding hydrogens is 661 g/mol. The fourth-order valence-corrected chi connectivity index (χ4v) is 8.14. The highest BCUT2D eigenvalue weighted by Gasteiger charge is 2.24. The van der Waals surface area contributed by atoms with E-state index in [0.717, 1.165) is 99.5 Å². The molecule has 0 aliphatic rings. The first kappa shape index (κ1) is 30.3. The highest BCUT2D eigenvalue weighted by Crippen LogP contribution is 2.49. The minimum absolute atomic E-state index is 0.838. The number of para-hydroxylation sites is 4. The Hall–Kier alpha value is -7.30. The lowest BCUT2D eigenvalue weighted by molar-refractivity contribution is 0.669. The zero-order valence-corrected chi connectivity index (χ0v) is 29.2. The second kappa shape index (κ2) is 12.1. The van der Waals surface area contributed by atoms with Crippen molar-refractivity contribution in [3.63, 3.8) is 0 Å². The van der Waals surface area contributed by atoms with Crippen molar-refractivity contribution in [1.29, 1.82) is 0 Å². The van der Waals surface area contributed by atoms with Gasteiger partial charge in [-0.25, -0.2) is 0 Å². The van der Waals surface area contributed by atoms with Crippen molar-refractivity contribution in [1.82, 2.24) is 0 Å². The number of nitrogens with zero attached hydrogens (tertiary/aromatic N) is 2. The summed E-state index contributed by atoms with van der Waals surface area (Å²) in [5.74, 6) is 0. The van der Waals surface area contributed by atoms with Crippen LogP contribution in [0.25, 0.3) is 65.4 Å². The number of furan rings is 2. The lowest BCUT2D eigenvalue weighted by Crippen LogP contribution is -2.10. The average molecular weight is 693 g/mol. The van der Waals surface area contributed by atoms with Crippen molar-refractivity contribution in [3.8, 4) is 0 Å². The predicted molar refractivity (Wildman–Crippen MR) is 225 cm³/mol.